The average Bonchev–Trinajstić information content (AvgIpc) is 2.50. The zero-order chi connectivity index (χ0) is 13.8. The lowest BCUT2D eigenvalue weighted by Gasteiger charge is -2.41. The van der Waals surface area contributed by atoms with Crippen LogP contribution in [0.4, 0.5) is 0 Å². The van der Waals surface area contributed by atoms with Gasteiger partial charge in [0.2, 0.25) is 0 Å². The maximum Gasteiger partial charge on any atom is 0.106 e. The van der Waals surface area contributed by atoms with Crippen molar-refractivity contribution in [1.82, 2.24) is 15.2 Å². The molecule has 1 aliphatic carbocycles. The summed E-state index contributed by atoms with van der Waals surface area (Å²) in [6, 6.07) is 5.02. The van der Waals surface area contributed by atoms with Crippen molar-refractivity contribution in [1.29, 1.82) is 0 Å². The van der Waals surface area contributed by atoms with Gasteiger partial charge in [-0.15, -0.1) is 24.8 Å². The van der Waals surface area contributed by atoms with Gasteiger partial charge in [0, 0.05) is 38.4 Å². The molecule has 3 nitrogen and oxygen atoms in total. The minimum atomic E-state index is 0. The maximum absolute atomic E-state index is 4.30. The second kappa shape index (κ2) is 10.1. The summed E-state index contributed by atoms with van der Waals surface area (Å²) in [6.07, 6.45) is 8.93. The van der Waals surface area contributed by atoms with E-state index in [1.54, 1.807) is 0 Å². The number of rotatable bonds is 3. The first kappa shape index (κ1) is 20.2. The maximum atomic E-state index is 4.30. The van der Waals surface area contributed by atoms with Crippen molar-refractivity contribution in [3.05, 3.63) is 28.5 Å². The molecule has 0 amide bonds. The van der Waals surface area contributed by atoms with Crippen LogP contribution in [0.5, 0.6) is 0 Å². The lowest BCUT2D eigenvalue weighted by Crippen LogP contribution is -2.47. The van der Waals surface area contributed by atoms with Crippen LogP contribution in [-0.2, 0) is 0 Å². The average molecular weight is 411 g/mol. The van der Waals surface area contributed by atoms with Crippen LogP contribution in [0.1, 0.15) is 43.7 Å². The van der Waals surface area contributed by atoms with Gasteiger partial charge in [-0.1, -0.05) is 19.3 Å². The topological polar surface area (TPSA) is 28.2 Å². The number of piperazine rings is 1. The van der Waals surface area contributed by atoms with Crippen LogP contribution < -0.4 is 5.32 Å². The fourth-order valence-electron chi connectivity index (χ4n) is 3.79. The van der Waals surface area contributed by atoms with Gasteiger partial charge in [-0.25, -0.2) is 4.98 Å². The summed E-state index contributed by atoms with van der Waals surface area (Å²) in [5, 5.41) is 3.47. The Hall–Kier alpha value is 0.130. The smallest absolute Gasteiger partial charge is 0.106 e. The predicted molar refractivity (Wildman–Crippen MR) is 100 cm³/mol. The first-order valence-corrected chi connectivity index (χ1v) is 8.70. The van der Waals surface area contributed by atoms with Crippen molar-refractivity contribution in [2.45, 2.75) is 38.1 Å². The highest BCUT2D eigenvalue weighted by atomic mass is 79.9. The molecule has 1 saturated carbocycles. The first-order chi connectivity index (χ1) is 9.84. The number of nitrogens with one attached hydrogen (secondary N) is 1. The Morgan fingerprint density at radius 2 is 1.82 bits per heavy atom. The van der Waals surface area contributed by atoms with Gasteiger partial charge < -0.3 is 5.32 Å². The molecule has 2 fully saturated rings. The van der Waals surface area contributed by atoms with E-state index in [1.807, 2.05) is 6.20 Å². The standard InChI is InChI=1S/C16H24BrN3.2ClH/c17-15-12-14(6-7-19-15)16(13-4-2-1-3-5-13)20-10-8-18-9-11-20;;/h6-7,12-13,16,18H,1-5,8-11H2;2*1H/t16-;;/m1../s1. The van der Waals surface area contributed by atoms with Crippen molar-refractivity contribution in [3.63, 3.8) is 0 Å². The number of hydrogen-bond acceptors (Lipinski definition) is 3. The second-order valence-electron chi connectivity index (χ2n) is 6.04. The highest BCUT2D eigenvalue weighted by Gasteiger charge is 2.30. The normalized spacial score (nSPS) is 21.5. The molecule has 1 saturated heterocycles. The molecule has 0 aromatic carbocycles. The van der Waals surface area contributed by atoms with Crippen molar-refractivity contribution < 1.29 is 0 Å². The molecule has 0 radical (unpaired) electrons. The van der Waals surface area contributed by atoms with Crippen molar-refractivity contribution in [3.8, 4) is 0 Å². The van der Waals surface area contributed by atoms with Gasteiger partial charge in [0.1, 0.15) is 4.60 Å². The molecule has 22 heavy (non-hydrogen) atoms. The minimum absolute atomic E-state index is 0. The second-order valence-corrected chi connectivity index (χ2v) is 6.85. The monoisotopic (exact) mass is 409 g/mol. The summed E-state index contributed by atoms with van der Waals surface area (Å²) in [5.41, 5.74) is 1.45. The molecule has 2 aliphatic rings. The molecule has 0 spiro atoms. The largest absolute Gasteiger partial charge is 0.314 e. The SMILES string of the molecule is Brc1cc([C@@H](C2CCCCC2)N2CCNCC2)ccn1.Cl.Cl. The van der Waals surface area contributed by atoms with E-state index in [0.29, 0.717) is 6.04 Å². The van der Waals surface area contributed by atoms with Gasteiger partial charge in [-0.2, -0.15) is 0 Å². The van der Waals surface area contributed by atoms with E-state index >= 15 is 0 Å². The summed E-state index contributed by atoms with van der Waals surface area (Å²) in [6.45, 7) is 4.58. The molecule has 1 aromatic rings. The number of aromatic nitrogens is 1. The zero-order valence-electron chi connectivity index (χ0n) is 12.8. The van der Waals surface area contributed by atoms with E-state index in [1.165, 1.54) is 50.8 Å². The van der Waals surface area contributed by atoms with E-state index in [-0.39, 0.29) is 24.8 Å². The van der Waals surface area contributed by atoms with Crippen molar-refractivity contribution in [2.75, 3.05) is 26.2 Å². The van der Waals surface area contributed by atoms with E-state index < -0.39 is 0 Å². The molecule has 1 aliphatic heterocycles. The molecule has 3 rings (SSSR count). The summed E-state index contributed by atoms with van der Waals surface area (Å²) in [7, 11) is 0. The van der Waals surface area contributed by atoms with Crippen LogP contribution in [0.25, 0.3) is 0 Å². The van der Waals surface area contributed by atoms with Gasteiger partial charge in [0.25, 0.3) is 0 Å². The zero-order valence-corrected chi connectivity index (χ0v) is 16.1. The molecule has 126 valence electrons. The molecule has 6 heteroatoms. The first-order valence-electron chi connectivity index (χ1n) is 7.91. The fraction of sp³-hybridized carbons (Fsp3) is 0.688. The third kappa shape index (κ3) is 5.07. The summed E-state index contributed by atoms with van der Waals surface area (Å²) < 4.78 is 0.964. The van der Waals surface area contributed by atoms with E-state index in [4.69, 9.17) is 0 Å². The number of halogens is 3. The Labute approximate surface area is 154 Å². The number of hydrogen-bond donors (Lipinski definition) is 1. The van der Waals surface area contributed by atoms with Crippen LogP contribution in [0.2, 0.25) is 0 Å². The Kier molecular flexibility index (Phi) is 9.25. The minimum Gasteiger partial charge on any atom is -0.314 e. The Morgan fingerprint density at radius 3 is 2.45 bits per heavy atom. The van der Waals surface area contributed by atoms with Crippen LogP contribution in [0, 0.1) is 5.92 Å². The molecular weight excluding hydrogens is 385 g/mol. The molecule has 0 unspecified atom stereocenters. The highest BCUT2D eigenvalue weighted by molar-refractivity contribution is 9.10. The molecular formula is C16H26BrCl2N3. The van der Waals surface area contributed by atoms with Gasteiger partial charge in [-0.05, 0) is 52.4 Å². The number of nitrogens with zero attached hydrogens (tertiary/aromatic N) is 2. The molecule has 2 heterocycles. The van der Waals surface area contributed by atoms with Gasteiger partial charge >= 0.3 is 0 Å². The third-order valence-corrected chi connectivity index (χ3v) is 5.17. The van der Waals surface area contributed by atoms with E-state index in [2.05, 4.69) is 43.3 Å². The van der Waals surface area contributed by atoms with Gasteiger partial charge in [-0.3, -0.25) is 4.90 Å². The third-order valence-electron chi connectivity index (χ3n) is 4.73. The molecule has 1 N–H and O–H groups in total. The number of pyridine rings is 1. The lowest BCUT2D eigenvalue weighted by molar-refractivity contribution is 0.103. The molecule has 0 bridgehead atoms. The van der Waals surface area contributed by atoms with Crippen LogP contribution in [0.3, 0.4) is 0 Å². The van der Waals surface area contributed by atoms with E-state index in [0.717, 1.165) is 23.6 Å². The van der Waals surface area contributed by atoms with Crippen LogP contribution in [0.15, 0.2) is 22.9 Å². The van der Waals surface area contributed by atoms with Crippen LogP contribution in [-0.4, -0.2) is 36.1 Å². The fourth-order valence-corrected chi connectivity index (χ4v) is 4.18. The van der Waals surface area contributed by atoms with E-state index in [9.17, 15) is 0 Å². The summed E-state index contributed by atoms with van der Waals surface area (Å²) in [5.74, 6) is 0.816. The summed E-state index contributed by atoms with van der Waals surface area (Å²) >= 11 is 3.54. The summed E-state index contributed by atoms with van der Waals surface area (Å²) in [4.78, 5) is 6.99. The predicted octanol–water partition coefficient (Wildman–Crippen LogP) is 4.21. The quantitative estimate of drug-likeness (QED) is 0.756. The molecule has 1 atom stereocenters. The van der Waals surface area contributed by atoms with Gasteiger partial charge in [0.15, 0.2) is 0 Å². The van der Waals surface area contributed by atoms with Gasteiger partial charge in [0.05, 0.1) is 0 Å². The Bertz CT molecular complexity index is 417. The van der Waals surface area contributed by atoms with Crippen molar-refractivity contribution in [2.24, 2.45) is 5.92 Å². The Morgan fingerprint density at radius 1 is 1.14 bits per heavy atom. The van der Waals surface area contributed by atoms with Crippen LogP contribution >= 0.6 is 40.7 Å². The highest BCUT2D eigenvalue weighted by Crippen LogP contribution is 2.38. The lowest BCUT2D eigenvalue weighted by atomic mass is 9.80. The van der Waals surface area contributed by atoms with Crippen molar-refractivity contribution >= 4 is 40.7 Å². The Balaban J connectivity index is 0.00000121. The molecule has 1 aromatic heterocycles.